The Kier molecular flexibility index (Phi) is 8.60. The molecule has 1 atom stereocenters. The maximum Gasteiger partial charge on any atom is 0.309 e. The van der Waals surface area contributed by atoms with Crippen molar-refractivity contribution in [3.63, 3.8) is 0 Å². The predicted molar refractivity (Wildman–Crippen MR) is 103 cm³/mol. The molecule has 0 amide bonds. The van der Waals surface area contributed by atoms with Crippen molar-refractivity contribution in [3.05, 3.63) is 0 Å². The third kappa shape index (κ3) is 11.6. The van der Waals surface area contributed by atoms with Crippen LogP contribution in [-0.4, -0.2) is 47.6 Å². The molecule has 0 aromatic carbocycles. The molecule has 0 rings (SSSR count). The molecule has 0 saturated heterocycles. The first-order valence-corrected chi connectivity index (χ1v) is 9.22. The van der Waals surface area contributed by atoms with Gasteiger partial charge in [0.05, 0.1) is 23.7 Å². The van der Waals surface area contributed by atoms with E-state index in [1.165, 1.54) is 0 Å². The van der Waals surface area contributed by atoms with E-state index in [2.05, 4.69) is 39.9 Å². The highest BCUT2D eigenvalue weighted by molar-refractivity contribution is 5.73. The number of hydrogen-bond donors (Lipinski definition) is 3. The summed E-state index contributed by atoms with van der Waals surface area (Å²) in [5, 5.41) is 22.7. The smallest absolute Gasteiger partial charge is 0.309 e. The third-order valence-corrected chi connectivity index (χ3v) is 4.11. The SMILES string of the molecule is CC(C)(C)CC(C)(C)OCC(O)CNCC(C)(C)CC(C)(C)C(=O)O. The Balaban J connectivity index is 4.26. The second-order valence-corrected chi connectivity index (χ2v) is 10.6. The average molecular weight is 360 g/mol. The van der Waals surface area contributed by atoms with Gasteiger partial charge in [-0.05, 0) is 51.4 Å². The molecule has 5 nitrogen and oxygen atoms in total. The second kappa shape index (κ2) is 8.83. The first-order chi connectivity index (χ1) is 11.0. The van der Waals surface area contributed by atoms with E-state index in [9.17, 15) is 15.0 Å². The summed E-state index contributed by atoms with van der Waals surface area (Å²) in [6.45, 7) is 19.6. The van der Waals surface area contributed by atoms with E-state index in [4.69, 9.17) is 4.74 Å². The molecule has 0 fully saturated rings. The van der Waals surface area contributed by atoms with E-state index in [-0.39, 0.29) is 23.0 Å². The lowest BCUT2D eigenvalue weighted by atomic mass is 9.75. The van der Waals surface area contributed by atoms with Gasteiger partial charge in [0, 0.05) is 13.1 Å². The monoisotopic (exact) mass is 359 g/mol. The van der Waals surface area contributed by atoms with Crippen LogP contribution in [0.2, 0.25) is 0 Å². The van der Waals surface area contributed by atoms with Gasteiger partial charge >= 0.3 is 5.97 Å². The number of nitrogens with one attached hydrogen (secondary N) is 1. The van der Waals surface area contributed by atoms with Crippen molar-refractivity contribution >= 4 is 5.97 Å². The molecule has 0 radical (unpaired) electrons. The first kappa shape index (κ1) is 24.4. The van der Waals surface area contributed by atoms with Gasteiger partial charge in [0.2, 0.25) is 0 Å². The molecular formula is C20H41NO4. The zero-order valence-corrected chi connectivity index (χ0v) is 17.8. The van der Waals surface area contributed by atoms with Crippen LogP contribution in [0.5, 0.6) is 0 Å². The molecule has 0 bridgehead atoms. The van der Waals surface area contributed by atoms with Crippen LogP contribution in [0.15, 0.2) is 0 Å². The fourth-order valence-electron chi connectivity index (χ4n) is 3.62. The van der Waals surface area contributed by atoms with Gasteiger partial charge in [-0.25, -0.2) is 0 Å². The van der Waals surface area contributed by atoms with E-state index >= 15 is 0 Å². The number of aliphatic hydroxyl groups excluding tert-OH is 1. The molecule has 0 aromatic rings. The van der Waals surface area contributed by atoms with Crippen molar-refractivity contribution in [3.8, 4) is 0 Å². The van der Waals surface area contributed by atoms with Gasteiger partial charge in [-0.1, -0.05) is 34.6 Å². The first-order valence-electron chi connectivity index (χ1n) is 9.22. The third-order valence-electron chi connectivity index (χ3n) is 4.11. The Morgan fingerprint density at radius 3 is 1.96 bits per heavy atom. The quantitative estimate of drug-likeness (QED) is 0.524. The van der Waals surface area contributed by atoms with Crippen LogP contribution in [0.3, 0.4) is 0 Å². The van der Waals surface area contributed by atoms with Crippen LogP contribution in [0.4, 0.5) is 0 Å². The molecule has 25 heavy (non-hydrogen) atoms. The second-order valence-electron chi connectivity index (χ2n) is 10.6. The minimum Gasteiger partial charge on any atom is -0.481 e. The largest absolute Gasteiger partial charge is 0.481 e. The molecular weight excluding hydrogens is 318 g/mol. The van der Waals surface area contributed by atoms with Crippen molar-refractivity contribution in [2.75, 3.05) is 19.7 Å². The Labute approximate surface area is 154 Å². The zero-order chi connectivity index (χ0) is 20.1. The van der Waals surface area contributed by atoms with Gasteiger partial charge in [0.15, 0.2) is 0 Å². The lowest BCUT2D eigenvalue weighted by molar-refractivity contribution is -0.148. The topological polar surface area (TPSA) is 78.8 Å². The number of carbonyl (C=O) groups is 1. The van der Waals surface area contributed by atoms with E-state index in [0.717, 1.165) is 6.42 Å². The predicted octanol–water partition coefficient (Wildman–Crippen LogP) is 3.70. The fraction of sp³-hybridized carbons (Fsp3) is 0.950. The van der Waals surface area contributed by atoms with Crippen molar-refractivity contribution in [1.29, 1.82) is 0 Å². The summed E-state index contributed by atoms with van der Waals surface area (Å²) in [5.74, 6) is -0.782. The van der Waals surface area contributed by atoms with Gasteiger partial charge in [0.25, 0.3) is 0 Å². The number of rotatable bonds is 11. The van der Waals surface area contributed by atoms with Crippen LogP contribution < -0.4 is 5.32 Å². The molecule has 0 aliphatic carbocycles. The maximum atomic E-state index is 11.3. The summed E-state index contributed by atoms with van der Waals surface area (Å²) in [4.78, 5) is 11.3. The Hall–Kier alpha value is -0.650. The van der Waals surface area contributed by atoms with Gasteiger partial charge in [-0.2, -0.15) is 0 Å². The number of ether oxygens (including phenoxy) is 1. The molecule has 0 aromatic heterocycles. The van der Waals surface area contributed by atoms with Crippen LogP contribution in [0.25, 0.3) is 0 Å². The molecule has 0 heterocycles. The van der Waals surface area contributed by atoms with Gasteiger partial charge in [-0.3, -0.25) is 4.79 Å². The molecule has 0 spiro atoms. The summed E-state index contributed by atoms with van der Waals surface area (Å²) in [6.07, 6.45) is 0.896. The summed E-state index contributed by atoms with van der Waals surface area (Å²) < 4.78 is 5.89. The molecule has 5 heteroatoms. The minimum atomic E-state index is -0.782. The average Bonchev–Trinajstić information content (AvgIpc) is 2.31. The van der Waals surface area contributed by atoms with Crippen molar-refractivity contribution < 1.29 is 19.7 Å². The molecule has 0 saturated carbocycles. The normalized spacial score (nSPS) is 15.3. The van der Waals surface area contributed by atoms with Gasteiger partial charge < -0.3 is 20.3 Å². The van der Waals surface area contributed by atoms with Crippen molar-refractivity contribution in [2.24, 2.45) is 16.2 Å². The van der Waals surface area contributed by atoms with Crippen LogP contribution in [0, 0.1) is 16.2 Å². The van der Waals surface area contributed by atoms with E-state index in [1.807, 2.05) is 13.8 Å². The van der Waals surface area contributed by atoms with Gasteiger partial charge in [-0.15, -0.1) is 0 Å². The molecule has 3 N–H and O–H groups in total. The summed E-state index contributed by atoms with van der Waals surface area (Å²) in [7, 11) is 0. The van der Waals surface area contributed by atoms with Crippen LogP contribution >= 0.6 is 0 Å². The van der Waals surface area contributed by atoms with E-state index < -0.39 is 17.5 Å². The molecule has 0 aliphatic heterocycles. The zero-order valence-electron chi connectivity index (χ0n) is 17.8. The Morgan fingerprint density at radius 1 is 1.00 bits per heavy atom. The molecule has 1 unspecified atom stereocenters. The van der Waals surface area contributed by atoms with Crippen LogP contribution in [-0.2, 0) is 9.53 Å². The molecule has 150 valence electrons. The van der Waals surface area contributed by atoms with E-state index in [1.54, 1.807) is 13.8 Å². The number of aliphatic hydroxyl groups is 1. The lowest BCUT2D eigenvalue weighted by Gasteiger charge is -2.34. The van der Waals surface area contributed by atoms with Crippen molar-refractivity contribution in [1.82, 2.24) is 5.32 Å². The summed E-state index contributed by atoms with van der Waals surface area (Å²) in [6, 6.07) is 0. The van der Waals surface area contributed by atoms with E-state index in [0.29, 0.717) is 19.5 Å². The minimum absolute atomic E-state index is 0.173. The van der Waals surface area contributed by atoms with Gasteiger partial charge in [0.1, 0.15) is 0 Å². The standard InChI is InChI=1S/C20H41NO4/c1-17(2,3)12-20(8,9)25-11-15(22)10-21-14-18(4,5)13-19(6,7)16(23)24/h15,21-22H,10-14H2,1-9H3,(H,23,24). The molecule has 0 aliphatic rings. The Bertz CT molecular complexity index is 422. The fourth-order valence-corrected chi connectivity index (χ4v) is 3.62. The Morgan fingerprint density at radius 2 is 1.52 bits per heavy atom. The highest BCUT2D eigenvalue weighted by atomic mass is 16.5. The number of carboxylic acid groups (broad SMARTS) is 1. The number of aliphatic carboxylic acids is 1. The van der Waals surface area contributed by atoms with Crippen LogP contribution in [0.1, 0.15) is 75.2 Å². The highest BCUT2D eigenvalue weighted by Crippen LogP contribution is 2.33. The summed E-state index contributed by atoms with van der Waals surface area (Å²) >= 11 is 0. The number of carboxylic acids is 1. The maximum absolute atomic E-state index is 11.3. The van der Waals surface area contributed by atoms with Crippen molar-refractivity contribution in [2.45, 2.75) is 86.9 Å². The summed E-state index contributed by atoms with van der Waals surface area (Å²) in [5.41, 5.74) is -1.03. The number of hydrogen-bond acceptors (Lipinski definition) is 4. The highest BCUT2D eigenvalue weighted by Gasteiger charge is 2.34. The lowest BCUT2D eigenvalue weighted by Crippen LogP contribution is -2.41.